The molecule has 0 atom stereocenters. The van der Waals surface area contributed by atoms with Gasteiger partial charge in [0, 0.05) is 6.07 Å². The molecule has 0 spiro atoms. The average molecular weight is 277 g/mol. The molecule has 2 aromatic rings. The molecule has 2 aromatic carbocycles. The van der Waals surface area contributed by atoms with E-state index in [1.54, 1.807) is 31.4 Å². The number of halogens is 2. The first kappa shape index (κ1) is 14.0. The predicted octanol–water partition coefficient (Wildman–Crippen LogP) is 3.15. The van der Waals surface area contributed by atoms with Gasteiger partial charge in [0.1, 0.15) is 17.4 Å². The molecule has 1 N–H and O–H groups in total. The topological polar surface area (TPSA) is 38.3 Å². The van der Waals surface area contributed by atoms with Crippen molar-refractivity contribution in [3.63, 3.8) is 0 Å². The SMILES string of the molecule is COc1ccc(CC(=O)Nc2ccc(F)cc2F)cc1. The van der Waals surface area contributed by atoms with Crippen molar-refractivity contribution in [1.29, 1.82) is 0 Å². The Balaban J connectivity index is 2.01. The van der Waals surface area contributed by atoms with Gasteiger partial charge in [-0.15, -0.1) is 0 Å². The van der Waals surface area contributed by atoms with Crippen LogP contribution in [0.2, 0.25) is 0 Å². The van der Waals surface area contributed by atoms with Gasteiger partial charge < -0.3 is 10.1 Å². The number of hydrogen-bond acceptors (Lipinski definition) is 2. The van der Waals surface area contributed by atoms with Crippen LogP contribution in [0.5, 0.6) is 5.75 Å². The van der Waals surface area contributed by atoms with Gasteiger partial charge in [-0.05, 0) is 29.8 Å². The van der Waals surface area contributed by atoms with E-state index >= 15 is 0 Å². The fourth-order valence-corrected chi connectivity index (χ4v) is 1.71. The second kappa shape index (κ2) is 6.14. The van der Waals surface area contributed by atoms with Gasteiger partial charge in [0.2, 0.25) is 5.91 Å². The van der Waals surface area contributed by atoms with Crippen molar-refractivity contribution in [2.75, 3.05) is 12.4 Å². The zero-order chi connectivity index (χ0) is 14.5. The normalized spacial score (nSPS) is 10.2. The highest BCUT2D eigenvalue weighted by Gasteiger charge is 2.08. The third kappa shape index (κ3) is 3.54. The summed E-state index contributed by atoms with van der Waals surface area (Å²) >= 11 is 0. The zero-order valence-electron chi connectivity index (χ0n) is 10.8. The summed E-state index contributed by atoms with van der Waals surface area (Å²) in [6.45, 7) is 0. The molecule has 0 fully saturated rings. The summed E-state index contributed by atoms with van der Waals surface area (Å²) in [6, 6.07) is 9.98. The Morgan fingerprint density at radius 3 is 2.45 bits per heavy atom. The molecule has 0 aliphatic heterocycles. The molecule has 3 nitrogen and oxygen atoms in total. The van der Waals surface area contributed by atoms with E-state index in [0.29, 0.717) is 5.75 Å². The van der Waals surface area contributed by atoms with E-state index in [1.807, 2.05) is 0 Å². The molecule has 2 rings (SSSR count). The Hall–Kier alpha value is -2.43. The maximum absolute atomic E-state index is 13.4. The average Bonchev–Trinajstić information content (AvgIpc) is 2.43. The van der Waals surface area contributed by atoms with Crippen LogP contribution in [-0.4, -0.2) is 13.0 Å². The lowest BCUT2D eigenvalue weighted by Crippen LogP contribution is -2.15. The maximum Gasteiger partial charge on any atom is 0.228 e. The fraction of sp³-hybridized carbons (Fsp3) is 0.133. The minimum Gasteiger partial charge on any atom is -0.497 e. The standard InChI is InChI=1S/C15H13F2NO2/c1-20-12-5-2-10(3-6-12)8-15(19)18-14-7-4-11(16)9-13(14)17/h2-7,9H,8H2,1H3,(H,18,19). The molecule has 0 radical (unpaired) electrons. The van der Waals surface area contributed by atoms with Crippen LogP contribution in [-0.2, 0) is 11.2 Å². The number of hydrogen-bond donors (Lipinski definition) is 1. The van der Waals surface area contributed by atoms with Crippen LogP contribution in [0.3, 0.4) is 0 Å². The number of carbonyl (C=O) groups is 1. The minimum atomic E-state index is -0.798. The van der Waals surface area contributed by atoms with Crippen molar-refractivity contribution in [3.8, 4) is 5.75 Å². The van der Waals surface area contributed by atoms with Crippen molar-refractivity contribution < 1.29 is 18.3 Å². The summed E-state index contributed by atoms with van der Waals surface area (Å²) < 4.78 is 31.1. The monoisotopic (exact) mass is 277 g/mol. The molecule has 104 valence electrons. The lowest BCUT2D eigenvalue weighted by Gasteiger charge is -2.07. The Morgan fingerprint density at radius 1 is 1.15 bits per heavy atom. The lowest BCUT2D eigenvalue weighted by atomic mass is 10.1. The van der Waals surface area contributed by atoms with Gasteiger partial charge >= 0.3 is 0 Å². The predicted molar refractivity (Wildman–Crippen MR) is 71.7 cm³/mol. The van der Waals surface area contributed by atoms with E-state index in [1.165, 1.54) is 6.07 Å². The van der Waals surface area contributed by atoms with Crippen LogP contribution in [0.4, 0.5) is 14.5 Å². The van der Waals surface area contributed by atoms with E-state index in [2.05, 4.69) is 5.32 Å². The number of ether oxygens (including phenoxy) is 1. The molecule has 20 heavy (non-hydrogen) atoms. The van der Waals surface area contributed by atoms with Crippen LogP contribution in [0.1, 0.15) is 5.56 Å². The number of benzene rings is 2. The summed E-state index contributed by atoms with van der Waals surface area (Å²) in [5.74, 6) is -1.16. The number of carbonyl (C=O) groups excluding carboxylic acids is 1. The summed E-state index contributed by atoms with van der Waals surface area (Å²) in [7, 11) is 1.55. The van der Waals surface area contributed by atoms with Gasteiger partial charge in [0.05, 0.1) is 19.2 Å². The van der Waals surface area contributed by atoms with E-state index in [0.717, 1.165) is 17.7 Å². The van der Waals surface area contributed by atoms with Crippen molar-refractivity contribution >= 4 is 11.6 Å². The maximum atomic E-state index is 13.4. The molecule has 0 aliphatic rings. The van der Waals surface area contributed by atoms with Crippen molar-refractivity contribution in [1.82, 2.24) is 0 Å². The summed E-state index contributed by atoms with van der Waals surface area (Å²) in [5.41, 5.74) is 0.732. The molecule has 0 heterocycles. The Kier molecular flexibility index (Phi) is 4.30. The highest BCUT2D eigenvalue weighted by Crippen LogP contribution is 2.16. The van der Waals surface area contributed by atoms with Crippen molar-refractivity contribution in [3.05, 3.63) is 59.7 Å². The molecule has 0 saturated carbocycles. The minimum absolute atomic E-state index is 0.0371. The quantitative estimate of drug-likeness (QED) is 0.932. The molecule has 1 amide bonds. The Bertz CT molecular complexity index is 612. The summed E-state index contributed by atoms with van der Waals surface area (Å²) in [4.78, 5) is 11.8. The molecule has 0 aliphatic carbocycles. The first-order valence-electron chi connectivity index (χ1n) is 5.96. The molecule has 0 saturated heterocycles. The third-order valence-corrected chi connectivity index (χ3v) is 2.73. The smallest absolute Gasteiger partial charge is 0.228 e. The van der Waals surface area contributed by atoms with Crippen LogP contribution < -0.4 is 10.1 Å². The molecular formula is C15H13F2NO2. The molecule has 0 bridgehead atoms. The van der Waals surface area contributed by atoms with E-state index in [9.17, 15) is 13.6 Å². The van der Waals surface area contributed by atoms with Gasteiger partial charge in [0.15, 0.2) is 0 Å². The highest BCUT2D eigenvalue weighted by molar-refractivity contribution is 5.92. The molecule has 0 unspecified atom stereocenters. The second-order valence-corrected chi connectivity index (χ2v) is 4.20. The fourth-order valence-electron chi connectivity index (χ4n) is 1.71. The first-order valence-corrected chi connectivity index (χ1v) is 5.96. The number of rotatable bonds is 4. The molecular weight excluding hydrogens is 264 g/mol. The first-order chi connectivity index (χ1) is 9.58. The Labute approximate surface area is 115 Å². The van der Waals surface area contributed by atoms with E-state index in [4.69, 9.17) is 4.74 Å². The van der Waals surface area contributed by atoms with Crippen LogP contribution in [0.25, 0.3) is 0 Å². The number of anilines is 1. The van der Waals surface area contributed by atoms with Crippen LogP contribution >= 0.6 is 0 Å². The van der Waals surface area contributed by atoms with E-state index in [-0.39, 0.29) is 18.0 Å². The number of nitrogens with one attached hydrogen (secondary N) is 1. The largest absolute Gasteiger partial charge is 0.497 e. The van der Waals surface area contributed by atoms with Gasteiger partial charge in [0.25, 0.3) is 0 Å². The highest BCUT2D eigenvalue weighted by atomic mass is 19.1. The zero-order valence-corrected chi connectivity index (χ0v) is 10.8. The molecule has 5 heteroatoms. The Morgan fingerprint density at radius 2 is 1.85 bits per heavy atom. The van der Waals surface area contributed by atoms with Crippen molar-refractivity contribution in [2.24, 2.45) is 0 Å². The van der Waals surface area contributed by atoms with Gasteiger partial charge in [-0.25, -0.2) is 8.78 Å². The lowest BCUT2D eigenvalue weighted by molar-refractivity contribution is -0.115. The summed E-state index contributed by atoms with van der Waals surface area (Å²) in [5, 5.41) is 2.40. The van der Waals surface area contributed by atoms with Crippen LogP contribution in [0.15, 0.2) is 42.5 Å². The van der Waals surface area contributed by atoms with Gasteiger partial charge in [-0.2, -0.15) is 0 Å². The third-order valence-electron chi connectivity index (χ3n) is 2.73. The van der Waals surface area contributed by atoms with Gasteiger partial charge in [-0.3, -0.25) is 4.79 Å². The molecule has 0 aromatic heterocycles. The number of methoxy groups -OCH3 is 1. The van der Waals surface area contributed by atoms with Crippen LogP contribution in [0, 0.1) is 11.6 Å². The summed E-state index contributed by atoms with van der Waals surface area (Å²) in [6.07, 6.45) is 0.0980. The number of amides is 1. The second-order valence-electron chi connectivity index (χ2n) is 4.20. The van der Waals surface area contributed by atoms with E-state index < -0.39 is 11.6 Å². The van der Waals surface area contributed by atoms with Crippen molar-refractivity contribution in [2.45, 2.75) is 6.42 Å². The van der Waals surface area contributed by atoms with Gasteiger partial charge in [-0.1, -0.05) is 12.1 Å².